The number of carbonyl (C=O) groups excluding carboxylic acids is 1. The Hall–Kier alpha value is -4.08. The second-order valence-electron chi connectivity index (χ2n) is 7.05. The van der Waals surface area contributed by atoms with Gasteiger partial charge in [-0.05, 0) is 24.3 Å². The lowest BCUT2D eigenvalue weighted by Crippen LogP contribution is -2.47. The zero-order valence-corrected chi connectivity index (χ0v) is 18.0. The molecule has 4 rings (SSSR count). The van der Waals surface area contributed by atoms with Gasteiger partial charge in [0.1, 0.15) is 5.82 Å². The zero-order valence-electron chi connectivity index (χ0n) is 18.0. The highest BCUT2D eigenvalue weighted by Gasteiger charge is 2.20. The van der Waals surface area contributed by atoms with Gasteiger partial charge in [0.15, 0.2) is 11.5 Å². The van der Waals surface area contributed by atoms with Crippen LogP contribution in [0.15, 0.2) is 55.0 Å². The number of nitrogens with zero attached hydrogens (tertiary/aromatic N) is 5. The minimum absolute atomic E-state index is 0.433. The van der Waals surface area contributed by atoms with E-state index in [4.69, 9.17) is 9.47 Å². The molecule has 0 spiro atoms. The fraction of sp³-hybridized carbons (Fsp3) is 0.273. The molecule has 2 aromatic heterocycles. The van der Waals surface area contributed by atoms with E-state index in [9.17, 15) is 4.79 Å². The van der Waals surface area contributed by atoms with E-state index in [1.54, 1.807) is 43.9 Å². The fourth-order valence-corrected chi connectivity index (χ4v) is 3.50. The van der Waals surface area contributed by atoms with Crippen molar-refractivity contribution in [3.8, 4) is 11.5 Å². The number of urea groups is 1. The number of hydrogen-bond acceptors (Lipinski definition) is 8. The van der Waals surface area contributed by atoms with Crippen LogP contribution in [0.3, 0.4) is 0 Å². The van der Waals surface area contributed by atoms with E-state index in [0.29, 0.717) is 28.8 Å². The Labute approximate surface area is 186 Å². The van der Waals surface area contributed by atoms with Crippen molar-refractivity contribution in [2.75, 3.05) is 60.8 Å². The van der Waals surface area contributed by atoms with E-state index < -0.39 is 6.03 Å². The van der Waals surface area contributed by atoms with Crippen LogP contribution < -0.4 is 29.9 Å². The van der Waals surface area contributed by atoms with Gasteiger partial charge in [0, 0.05) is 32.4 Å². The van der Waals surface area contributed by atoms with Gasteiger partial charge in [-0.3, -0.25) is 0 Å². The molecule has 1 saturated heterocycles. The van der Waals surface area contributed by atoms with Gasteiger partial charge in [-0.15, -0.1) is 0 Å². The molecule has 0 radical (unpaired) electrons. The number of anilines is 4. The minimum atomic E-state index is -0.433. The molecule has 3 aromatic rings. The largest absolute Gasteiger partial charge is 0.493 e. The summed E-state index contributed by atoms with van der Waals surface area (Å²) >= 11 is 0. The summed E-state index contributed by atoms with van der Waals surface area (Å²) in [6, 6.07) is 10.7. The highest BCUT2D eigenvalue weighted by molar-refractivity contribution is 6.00. The van der Waals surface area contributed by atoms with Gasteiger partial charge in [-0.25, -0.2) is 19.7 Å². The summed E-state index contributed by atoms with van der Waals surface area (Å²) in [6.45, 7) is 3.26. The molecule has 0 bridgehead atoms. The van der Waals surface area contributed by atoms with Gasteiger partial charge in [0.2, 0.25) is 5.95 Å². The number of benzene rings is 1. The van der Waals surface area contributed by atoms with Crippen LogP contribution in [0.1, 0.15) is 0 Å². The van der Waals surface area contributed by atoms with Crippen molar-refractivity contribution >= 4 is 29.2 Å². The second-order valence-corrected chi connectivity index (χ2v) is 7.05. The Balaban J connectivity index is 1.33. The maximum absolute atomic E-state index is 12.4. The average Bonchev–Trinajstić information content (AvgIpc) is 2.85. The van der Waals surface area contributed by atoms with E-state index in [2.05, 4.69) is 35.4 Å². The Bertz CT molecular complexity index is 1040. The third kappa shape index (κ3) is 4.80. The van der Waals surface area contributed by atoms with Crippen LogP contribution in [0.2, 0.25) is 0 Å². The summed E-state index contributed by atoms with van der Waals surface area (Å²) in [5.41, 5.74) is 0.980. The van der Waals surface area contributed by atoms with E-state index in [-0.39, 0.29) is 0 Å². The first-order chi connectivity index (χ1) is 15.7. The molecule has 1 aliphatic rings. The molecule has 3 heterocycles. The van der Waals surface area contributed by atoms with E-state index in [0.717, 1.165) is 32.0 Å². The van der Waals surface area contributed by atoms with E-state index >= 15 is 0 Å². The van der Waals surface area contributed by atoms with Crippen LogP contribution in [0, 0.1) is 0 Å². The standard InChI is InChI=1S/C22H25N7O3/c1-31-18-7-5-6-17(20(18)32-2)27-22(30)26-16-14-24-21(25-15-16)29-12-10-28(11-13-29)19-8-3-4-9-23-19/h3-9,14-15H,10-13H2,1-2H3,(H2,26,27,30). The van der Waals surface area contributed by atoms with Crippen molar-refractivity contribution in [1.29, 1.82) is 0 Å². The van der Waals surface area contributed by atoms with Crippen molar-refractivity contribution in [1.82, 2.24) is 15.0 Å². The van der Waals surface area contributed by atoms with Crippen LogP contribution in [-0.4, -0.2) is 61.4 Å². The molecule has 2 amide bonds. The first kappa shape index (κ1) is 21.2. The quantitative estimate of drug-likeness (QED) is 0.609. The van der Waals surface area contributed by atoms with Gasteiger partial charge in [0.25, 0.3) is 0 Å². The van der Waals surface area contributed by atoms with Crippen LogP contribution in [0.25, 0.3) is 0 Å². The Morgan fingerprint density at radius 2 is 1.62 bits per heavy atom. The van der Waals surface area contributed by atoms with Crippen LogP contribution in [-0.2, 0) is 0 Å². The molecule has 1 aliphatic heterocycles. The number of hydrogen-bond donors (Lipinski definition) is 2. The lowest BCUT2D eigenvalue weighted by Gasteiger charge is -2.35. The summed E-state index contributed by atoms with van der Waals surface area (Å²) in [5, 5.41) is 5.48. The number of ether oxygens (including phenoxy) is 2. The maximum atomic E-state index is 12.4. The summed E-state index contributed by atoms with van der Waals surface area (Å²) < 4.78 is 10.6. The van der Waals surface area contributed by atoms with Gasteiger partial charge in [-0.2, -0.15) is 0 Å². The summed E-state index contributed by atoms with van der Waals surface area (Å²) in [4.78, 5) is 30.0. The molecular formula is C22H25N7O3. The average molecular weight is 435 g/mol. The monoisotopic (exact) mass is 435 g/mol. The Kier molecular flexibility index (Phi) is 6.49. The maximum Gasteiger partial charge on any atom is 0.323 e. The van der Waals surface area contributed by atoms with Gasteiger partial charge >= 0.3 is 6.03 Å². The van der Waals surface area contributed by atoms with Gasteiger partial charge in [-0.1, -0.05) is 12.1 Å². The predicted molar refractivity (Wildman–Crippen MR) is 123 cm³/mol. The first-order valence-corrected chi connectivity index (χ1v) is 10.2. The number of para-hydroxylation sites is 1. The molecule has 0 unspecified atom stereocenters. The molecule has 1 aromatic carbocycles. The molecule has 0 aliphatic carbocycles. The number of nitrogens with one attached hydrogen (secondary N) is 2. The first-order valence-electron chi connectivity index (χ1n) is 10.2. The van der Waals surface area contributed by atoms with Crippen LogP contribution >= 0.6 is 0 Å². The van der Waals surface area contributed by atoms with Crippen molar-refractivity contribution < 1.29 is 14.3 Å². The van der Waals surface area contributed by atoms with Crippen molar-refractivity contribution in [2.24, 2.45) is 0 Å². The summed E-state index contributed by atoms with van der Waals surface area (Å²) in [5.74, 6) is 2.58. The third-order valence-electron chi connectivity index (χ3n) is 5.08. The highest BCUT2D eigenvalue weighted by Crippen LogP contribution is 2.34. The molecule has 10 heteroatoms. The predicted octanol–water partition coefficient (Wildman–Crippen LogP) is 2.86. The van der Waals surface area contributed by atoms with Crippen molar-refractivity contribution in [3.63, 3.8) is 0 Å². The number of carbonyl (C=O) groups is 1. The van der Waals surface area contributed by atoms with Gasteiger partial charge < -0.3 is 29.9 Å². The SMILES string of the molecule is COc1cccc(NC(=O)Nc2cnc(N3CCN(c4ccccn4)CC3)nc2)c1OC. The van der Waals surface area contributed by atoms with Crippen LogP contribution in [0.5, 0.6) is 11.5 Å². The summed E-state index contributed by atoms with van der Waals surface area (Å²) in [7, 11) is 3.06. The fourth-order valence-electron chi connectivity index (χ4n) is 3.50. The lowest BCUT2D eigenvalue weighted by molar-refractivity contribution is 0.262. The number of amides is 2. The normalized spacial score (nSPS) is 13.4. The number of methoxy groups -OCH3 is 2. The molecule has 0 saturated carbocycles. The van der Waals surface area contributed by atoms with Crippen molar-refractivity contribution in [2.45, 2.75) is 0 Å². The number of pyridine rings is 1. The second kappa shape index (κ2) is 9.82. The highest BCUT2D eigenvalue weighted by atomic mass is 16.5. The number of rotatable bonds is 6. The Morgan fingerprint density at radius 1 is 0.875 bits per heavy atom. The Morgan fingerprint density at radius 3 is 2.28 bits per heavy atom. The minimum Gasteiger partial charge on any atom is -0.493 e. The van der Waals surface area contributed by atoms with E-state index in [1.807, 2.05) is 18.2 Å². The third-order valence-corrected chi connectivity index (χ3v) is 5.08. The summed E-state index contributed by atoms with van der Waals surface area (Å²) in [6.07, 6.45) is 4.99. The lowest BCUT2D eigenvalue weighted by atomic mass is 10.2. The van der Waals surface area contributed by atoms with Gasteiger partial charge in [0.05, 0.1) is 38.0 Å². The molecule has 1 fully saturated rings. The van der Waals surface area contributed by atoms with Crippen LogP contribution in [0.4, 0.5) is 27.9 Å². The molecular weight excluding hydrogens is 410 g/mol. The zero-order chi connectivity index (χ0) is 22.3. The number of piperazine rings is 1. The molecule has 10 nitrogen and oxygen atoms in total. The smallest absolute Gasteiger partial charge is 0.323 e. The molecule has 0 atom stereocenters. The topological polar surface area (TPSA) is 105 Å². The molecule has 32 heavy (non-hydrogen) atoms. The van der Waals surface area contributed by atoms with Crippen molar-refractivity contribution in [3.05, 3.63) is 55.0 Å². The molecule has 166 valence electrons. The number of aromatic nitrogens is 3. The molecule has 2 N–H and O–H groups in total. The van der Waals surface area contributed by atoms with E-state index in [1.165, 1.54) is 7.11 Å².